The minimum atomic E-state index is -0.399. The van der Waals surface area contributed by atoms with Gasteiger partial charge in [0, 0.05) is 0 Å². The van der Waals surface area contributed by atoms with E-state index in [9.17, 15) is 9.59 Å². The highest BCUT2D eigenvalue weighted by Crippen LogP contribution is 2.11. The largest absolute Gasteiger partial charge is 0.462 e. The molecule has 0 spiro atoms. The van der Waals surface area contributed by atoms with Crippen molar-refractivity contribution in [3.8, 4) is 0 Å². The van der Waals surface area contributed by atoms with Crippen LogP contribution in [0.3, 0.4) is 0 Å². The van der Waals surface area contributed by atoms with Gasteiger partial charge in [-0.05, 0) is 38.0 Å². The molecule has 1 aromatic carbocycles. The van der Waals surface area contributed by atoms with Crippen LogP contribution in [0.25, 0.3) is 0 Å². The van der Waals surface area contributed by atoms with Crippen LogP contribution in [0.1, 0.15) is 80.0 Å². The number of ether oxygens (including phenoxy) is 2. The highest BCUT2D eigenvalue weighted by atomic mass is 16.5. The smallest absolute Gasteiger partial charge is 0.338 e. The van der Waals surface area contributed by atoms with Crippen molar-refractivity contribution in [2.45, 2.75) is 65.4 Å². The van der Waals surface area contributed by atoms with E-state index in [2.05, 4.69) is 6.92 Å². The Labute approximate surface area is 139 Å². The first-order valence-corrected chi connectivity index (χ1v) is 8.56. The molecule has 0 aliphatic heterocycles. The van der Waals surface area contributed by atoms with Gasteiger partial charge in [-0.25, -0.2) is 9.59 Å². The molecule has 0 aliphatic rings. The summed E-state index contributed by atoms with van der Waals surface area (Å²) < 4.78 is 10.6. The van der Waals surface area contributed by atoms with Gasteiger partial charge in [-0.3, -0.25) is 0 Å². The molecule has 1 atom stereocenters. The lowest BCUT2D eigenvalue weighted by Crippen LogP contribution is -2.15. The second-order valence-corrected chi connectivity index (χ2v) is 5.78. The first-order valence-electron chi connectivity index (χ1n) is 8.56. The Morgan fingerprint density at radius 1 is 1.00 bits per heavy atom. The Balaban J connectivity index is 2.54. The van der Waals surface area contributed by atoms with Crippen LogP contribution >= 0.6 is 0 Å². The van der Waals surface area contributed by atoms with E-state index in [4.69, 9.17) is 9.47 Å². The fourth-order valence-electron chi connectivity index (χ4n) is 2.27. The van der Waals surface area contributed by atoms with Gasteiger partial charge in [-0.2, -0.15) is 0 Å². The lowest BCUT2D eigenvalue weighted by molar-refractivity contribution is 0.0323. The summed E-state index contributed by atoms with van der Waals surface area (Å²) in [5, 5.41) is 0. The molecule has 128 valence electrons. The SMILES string of the molecule is CCCCCCOC(=O)c1cccc(C(=O)OC(C)CCC)c1. The number of carbonyl (C=O) groups excluding carboxylic acids is 2. The van der Waals surface area contributed by atoms with E-state index in [0.29, 0.717) is 17.7 Å². The zero-order valence-corrected chi connectivity index (χ0v) is 14.5. The predicted octanol–water partition coefficient (Wildman–Crippen LogP) is 4.77. The molecule has 0 aliphatic carbocycles. The lowest BCUT2D eigenvalue weighted by Gasteiger charge is -2.12. The van der Waals surface area contributed by atoms with Crippen LogP contribution in [0.5, 0.6) is 0 Å². The molecule has 1 unspecified atom stereocenters. The molecular weight excluding hydrogens is 292 g/mol. The summed E-state index contributed by atoms with van der Waals surface area (Å²) in [4.78, 5) is 24.1. The maximum absolute atomic E-state index is 12.1. The standard InChI is InChI=1S/C19H28O4/c1-4-6-7-8-13-22-18(20)16-11-9-12-17(14-16)19(21)23-15(3)10-5-2/h9,11-12,14-15H,4-8,10,13H2,1-3H3. The summed E-state index contributed by atoms with van der Waals surface area (Å²) >= 11 is 0. The van der Waals surface area contributed by atoms with Crippen molar-refractivity contribution in [1.82, 2.24) is 0 Å². The summed E-state index contributed by atoms with van der Waals surface area (Å²) in [5.41, 5.74) is 0.770. The Bertz CT molecular complexity index is 496. The van der Waals surface area contributed by atoms with Gasteiger partial charge < -0.3 is 9.47 Å². The minimum absolute atomic E-state index is 0.123. The van der Waals surface area contributed by atoms with Crippen molar-refractivity contribution in [1.29, 1.82) is 0 Å². The molecule has 0 fully saturated rings. The molecule has 0 bridgehead atoms. The third kappa shape index (κ3) is 7.31. The molecule has 0 aromatic heterocycles. The number of hydrogen-bond acceptors (Lipinski definition) is 4. The summed E-state index contributed by atoms with van der Waals surface area (Å²) in [5.74, 6) is -0.790. The first kappa shape index (κ1) is 19.2. The van der Waals surface area contributed by atoms with Crippen LogP contribution in [0.15, 0.2) is 24.3 Å². The fourth-order valence-corrected chi connectivity index (χ4v) is 2.27. The van der Waals surface area contributed by atoms with Gasteiger partial charge in [-0.1, -0.05) is 45.6 Å². The van der Waals surface area contributed by atoms with E-state index in [-0.39, 0.29) is 6.10 Å². The van der Waals surface area contributed by atoms with Crippen LogP contribution in [0, 0.1) is 0 Å². The average Bonchev–Trinajstić information content (AvgIpc) is 2.54. The maximum atomic E-state index is 12.1. The molecule has 4 heteroatoms. The summed E-state index contributed by atoms with van der Waals surface area (Å²) in [7, 11) is 0. The molecule has 0 radical (unpaired) electrons. The van der Waals surface area contributed by atoms with Crippen molar-refractivity contribution in [3.63, 3.8) is 0 Å². The third-order valence-electron chi connectivity index (χ3n) is 3.57. The summed E-state index contributed by atoms with van der Waals surface area (Å²) in [6.07, 6.45) is 5.89. The number of benzene rings is 1. The molecule has 4 nitrogen and oxygen atoms in total. The van der Waals surface area contributed by atoms with Crippen LogP contribution in [0.2, 0.25) is 0 Å². The van der Waals surface area contributed by atoms with Crippen LogP contribution in [-0.4, -0.2) is 24.6 Å². The molecule has 0 N–H and O–H groups in total. The highest BCUT2D eigenvalue weighted by molar-refractivity contribution is 5.95. The molecule has 0 heterocycles. The zero-order chi connectivity index (χ0) is 17.1. The van der Waals surface area contributed by atoms with E-state index in [0.717, 1.165) is 38.5 Å². The van der Waals surface area contributed by atoms with Gasteiger partial charge >= 0.3 is 11.9 Å². The van der Waals surface area contributed by atoms with Crippen molar-refractivity contribution >= 4 is 11.9 Å². The Hall–Kier alpha value is -1.84. The van der Waals surface area contributed by atoms with Gasteiger partial charge in [0.25, 0.3) is 0 Å². The van der Waals surface area contributed by atoms with Gasteiger partial charge in [0.1, 0.15) is 0 Å². The topological polar surface area (TPSA) is 52.6 Å². The molecular formula is C19H28O4. The normalized spacial score (nSPS) is 11.8. The van der Waals surface area contributed by atoms with Crippen LogP contribution < -0.4 is 0 Å². The molecule has 0 saturated heterocycles. The highest BCUT2D eigenvalue weighted by Gasteiger charge is 2.14. The Morgan fingerprint density at radius 2 is 1.70 bits per heavy atom. The van der Waals surface area contributed by atoms with E-state index in [1.807, 2.05) is 13.8 Å². The Morgan fingerprint density at radius 3 is 2.35 bits per heavy atom. The van der Waals surface area contributed by atoms with Gasteiger partial charge in [0.05, 0.1) is 23.8 Å². The fraction of sp³-hybridized carbons (Fsp3) is 0.579. The quantitative estimate of drug-likeness (QED) is 0.460. The van der Waals surface area contributed by atoms with Crippen molar-refractivity contribution in [2.24, 2.45) is 0 Å². The zero-order valence-electron chi connectivity index (χ0n) is 14.5. The predicted molar refractivity (Wildman–Crippen MR) is 90.7 cm³/mol. The average molecular weight is 320 g/mol. The first-order chi connectivity index (χ1) is 11.1. The van der Waals surface area contributed by atoms with Crippen molar-refractivity contribution in [2.75, 3.05) is 6.61 Å². The molecule has 0 saturated carbocycles. The van der Waals surface area contributed by atoms with E-state index < -0.39 is 11.9 Å². The van der Waals surface area contributed by atoms with E-state index >= 15 is 0 Å². The van der Waals surface area contributed by atoms with E-state index in [1.54, 1.807) is 18.2 Å². The van der Waals surface area contributed by atoms with Gasteiger partial charge in [0.15, 0.2) is 0 Å². The van der Waals surface area contributed by atoms with Gasteiger partial charge in [-0.15, -0.1) is 0 Å². The van der Waals surface area contributed by atoms with E-state index in [1.165, 1.54) is 6.07 Å². The van der Waals surface area contributed by atoms with Crippen molar-refractivity contribution in [3.05, 3.63) is 35.4 Å². The molecule has 1 rings (SSSR count). The second kappa shape index (κ2) is 10.8. The van der Waals surface area contributed by atoms with Crippen molar-refractivity contribution < 1.29 is 19.1 Å². The van der Waals surface area contributed by atoms with Crippen LogP contribution in [0.4, 0.5) is 0 Å². The maximum Gasteiger partial charge on any atom is 0.338 e. The summed E-state index contributed by atoms with van der Waals surface area (Å²) in [6, 6.07) is 6.52. The number of hydrogen-bond donors (Lipinski definition) is 0. The number of carbonyl (C=O) groups is 2. The molecule has 23 heavy (non-hydrogen) atoms. The van der Waals surface area contributed by atoms with Gasteiger partial charge in [0.2, 0.25) is 0 Å². The monoisotopic (exact) mass is 320 g/mol. The summed E-state index contributed by atoms with van der Waals surface area (Å²) in [6.45, 7) is 6.47. The minimum Gasteiger partial charge on any atom is -0.462 e. The number of rotatable bonds is 10. The second-order valence-electron chi connectivity index (χ2n) is 5.78. The molecule has 0 amide bonds. The number of unbranched alkanes of at least 4 members (excludes halogenated alkanes) is 3. The number of esters is 2. The third-order valence-corrected chi connectivity index (χ3v) is 3.57. The molecule has 1 aromatic rings. The Kier molecular flexibility index (Phi) is 9.03. The lowest BCUT2D eigenvalue weighted by atomic mass is 10.1. The van der Waals surface area contributed by atoms with Crippen LogP contribution in [-0.2, 0) is 9.47 Å².